The van der Waals surface area contributed by atoms with Gasteiger partial charge in [0.05, 0.1) is 12.0 Å². The number of amides is 1. The van der Waals surface area contributed by atoms with Gasteiger partial charge in [0, 0.05) is 12.7 Å². The highest BCUT2D eigenvalue weighted by molar-refractivity contribution is 5.92. The minimum atomic E-state index is -0.870. The molecule has 1 atom stereocenters. The molecule has 0 saturated heterocycles. The van der Waals surface area contributed by atoms with E-state index < -0.39 is 11.9 Å². The summed E-state index contributed by atoms with van der Waals surface area (Å²) in [7, 11) is 0. The molecule has 22 heavy (non-hydrogen) atoms. The number of carbonyl (C=O) groups is 2. The number of carbonyl (C=O) groups excluding carboxylic acids is 1. The van der Waals surface area contributed by atoms with Crippen LogP contribution in [0.5, 0.6) is 0 Å². The van der Waals surface area contributed by atoms with E-state index in [-0.39, 0.29) is 18.4 Å². The highest BCUT2D eigenvalue weighted by atomic mass is 16.4. The average Bonchev–Trinajstić information content (AvgIpc) is 3.11. The Balaban J connectivity index is 1.89. The van der Waals surface area contributed by atoms with E-state index in [0.29, 0.717) is 18.2 Å². The van der Waals surface area contributed by atoms with Gasteiger partial charge in [0.25, 0.3) is 5.91 Å². The standard InChI is InChI=1S/C16H25N3O3/c1-11(2)9-12(16(21)22)10-17-15(20)14-7-8-19(18-14)13-5-3-4-6-13/h7-8,11-13H,3-6,9-10H2,1-2H3,(H,17,20)(H,21,22). The van der Waals surface area contributed by atoms with Crippen LogP contribution in [-0.4, -0.2) is 33.3 Å². The molecule has 122 valence electrons. The predicted molar refractivity (Wildman–Crippen MR) is 82.6 cm³/mol. The molecular formula is C16H25N3O3. The maximum Gasteiger partial charge on any atom is 0.308 e. The summed E-state index contributed by atoms with van der Waals surface area (Å²) in [4.78, 5) is 23.3. The second-order valence-corrected chi connectivity index (χ2v) is 6.49. The molecule has 1 aliphatic carbocycles. The van der Waals surface area contributed by atoms with Gasteiger partial charge in [-0.25, -0.2) is 0 Å². The number of nitrogens with one attached hydrogen (secondary N) is 1. The summed E-state index contributed by atoms with van der Waals surface area (Å²) in [5, 5.41) is 16.2. The van der Waals surface area contributed by atoms with Crippen molar-refractivity contribution in [3.8, 4) is 0 Å². The Labute approximate surface area is 130 Å². The molecule has 1 amide bonds. The van der Waals surface area contributed by atoms with Gasteiger partial charge in [-0.05, 0) is 31.2 Å². The molecule has 1 heterocycles. The van der Waals surface area contributed by atoms with Gasteiger partial charge in [0.15, 0.2) is 0 Å². The van der Waals surface area contributed by atoms with Crippen LogP contribution in [0, 0.1) is 11.8 Å². The zero-order chi connectivity index (χ0) is 16.1. The molecule has 1 aromatic rings. The lowest BCUT2D eigenvalue weighted by atomic mass is 9.97. The van der Waals surface area contributed by atoms with Crippen molar-refractivity contribution in [3.05, 3.63) is 18.0 Å². The van der Waals surface area contributed by atoms with Gasteiger partial charge in [0.2, 0.25) is 0 Å². The Morgan fingerprint density at radius 2 is 2.09 bits per heavy atom. The van der Waals surface area contributed by atoms with Crippen LogP contribution in [0.15, 0.2) is 12.3 Å². The highest BCUT2D eigenvalue weighted by Gasteiger charge is 2.22. The summed E-state index contributed by atoms with van der Waals surface area (Å²) in [5.74, 6) is -1.45. The van der Waals surface area contributed by atoms with E-state index in [1.807, 2.05) is 24.7 Å². The Bertz CT molecular complexity index is 518. The molecule has 0 radical (unpaired) electrons. The second kappa shape index (κ2) is 7.42. The molecule has 0 spiro atoms. The Kier molecular flexibility index (Phi) is 5.57. The van der Waals surface area contributed by atoms with E-state index in [9.17, 15) is 14.7 Å². The molecular weight excluding hydrogens is 282 g/mol. The highest BCUT2D eigenvalue weighted by Crippen LogP contribution is 2.28. The fourth-order valence-electron chi connectivity index (χ4n) is 2.98. The molecule has 1 unspecified atom stereocenters. The zero-order valence-electron chi connectivity index (χ0n) is 13.3. The van der Waals surface area contributed by atoms with Gasteiger partial charge in [-0.2, -0.15) is 5.10 Å². The topological polar surface area (TPSA) is 84.2 Å². The van der Waals surface area contributed by atoms with E-state index in [1.54, 1.807) is 6.07 Å². The first kappa shape index (κ1) is 16.5. The molecule has 1 aliphatic rings. The summed E-state index contributed by atoms with van der Waals surface area (Å²) in [6.07, 6.45) is 7.03. The van der Waals surface area contributed by atoms with Crippen molar-refractivity contribution in [2.24, 2.45) is 11.8 Å². The van der Waals surface area contributed by atoms with Crippen molar-refractivity contribution in [1.82, 2.24) is 15.1 Å². The molecule has 2 N–H and O–H groups in total. The number of nitrogens with zero attached hydrogens (tertiary/aromatic N) is 2. The molecule has 0 aromatic carbocycles. The van der Waals surface area contributed by atoms with Gasteiger partial charge < -0.3 is 10.4 Å². The minimum absolute atomic E-state index is 0.142. The first-order valence-electron chi connectivity index (χ1n) is 8.03. The van der Waals surface area contributed by atoms with Gasteiger partial charge in [0.1, 0.15) is 5.69 Å². The summed E-state index contributed by atoms with van der Waals surface area (Å²) in [5.41, 5.74) is 0.362. The molecule has 6 heteroatoms. The lowest BCUT2D eigenvalue weighted by Gasteiger charge is -2.15. The molecule has 1 aromatic heterocycles. The fraction of sp³-hybridized carbons (Fsp3) is 0.688. The van der Waals surface area contributed by atoms with E-state index in [4.69, 9.17) is 0 Å². The molecule has 1 fully saturated rings. The van der Waals surface area contributed by atoms with Crippen molar-refractivity contribution in [2.75, 3.05) is 6.54 Å². The summed E-state index contributed by atoms with van der Waals surface area (Å²) in [6.45, 7) is 4.09. The van der Waals surface area contributed by atoms with Gasteiger partial charge in [-0.1, -0.05) is 26.7 Å². The number of rotatable bonds is 7. The van der Waals surface area contributed by atoms with Crippen LogP contribution in [0.4, 0.5) is 0 Å². The third-order valence-electron chi connectivity index (χ3n) is 4.15. The van der Waals surface area contributed by atoms with Gasteiger partial charge in [-0.15, -0.1) is 0 Å². The van der Waals surface area contributed by atoms with Crippen molar-refractivity contribution < 1.29 is 14.7 Å². The fourth-order valence-corrected chi connectivity index (χ4v) is 2.98. The largest absolute Gasteiger partial charge is 0.481 e. The third kappa shape index (κ3) is 4.32. The number of aromatic nitrogens is 2. The maximum absolute atomic E-state index is 12.1. The maximum atomic E-state index is 12.1. The quantitative estimate of drug-likeness (QED) is 0.810. The van der Waals surface area contributed by atoms with Crippen LogP contribution in [0.3, 0.4) is 0 Å². The number of carboxylic acids is 1. The smallest absolute Gasteiger partial charge is 0.308 e. The van der Waals surface area contributed by atoms with Crippen LogP contribution < -0.4 is 5.32 Å². The summed E-state index contributed by atoms with van der Waals surface area (Å²) < 4.78 is 1.87. The molecule has 0 bridgehead atoms. The molecule has 6 nitrogen and oxygen atoms in total. The molecule has 1 saturated carbocycles. The molecule has 0 aliphatic heterocycles. The number of aliphatic carboxylic acids is 1. The van der Waals surface area contributed by atoms with Crippen molar-refractivity contribution in [2.45, 2.75) is 52.0 Å². The monoisotopic (exact) mass is 307 g/mol. The van der Waals surface area contributed by atoms with E-state index in [2.05, 4.69) is 10.4 Å². The second-order valence-electron chi connectivity index (χ2n) is 6.49. The summed E-state index contributed by atoms with van der Waals surface area (Å²) in [6, 6.07) is 2.10. The Hall–Kier alpha value is -1.85. The number of carboxylic acid groups (broad SMARTS) is 1. The van der Waals surface area contributed by atoms with Crippen molar-refractivity contribution in [3.63, 3.8) is 0 Å². The SMILES string of the molecule is CC(C)CC(CNC(=O)c1ccn(C2CCCC2)n1)C(=O)O. The lowest BCUT2D eigenvalue weighted by molar-refractivity contribution is -0.142. The number of hydrogen-bond donors (Lipinski definition) is 2. The van der Waals surface area contributed by atoms with Crippen LogP contribution >= 0.6 is 0 Å². The van der Waals surface area contributed by atoms with Gasteiger partial charge >= 0.3 is 5.97 Å². The third-order valence-corrected chi connectivity index (χ3v) is 4.15. The van der Waals surface area contributed by atoms with Crippen LogP contribution in [0.25, 0.3) is 0 Å². The Morgan fingerprint density at radius 3 is 2.68 bits per heavy atom. The van der Waals surface area contributed by atoms with E-state index >= 15 is 0 Å². The first-order chi connectivity index (χ1) is 10.5. The lowest BCUT2D eigenvalue weighted by Crippen LogP contribution is -2.34. The zero-order valence-corrected chi connectivity index (χ0v) is 13.3. The van der Waals surface area contributed by atoms with Crippen LogP contribution in [0.2, 0.25) is 0 Å². The van der Waals surface area contributed by atoms with E-state index in [1.165, 1.54) is 12.8 Å². The van der Waals surface area contributed by atoms with Gasteiger partial charge in [-0.3, -0.25) is 14.3 Å². The van der Waals surface area contributed by atoms with Crippen LogP contribution in [0.1, 0.15) is 62.5 Å². The minimum Gasteiger partial charge on any atom is -0.481 e. The van der Waals surface area contributed by atoms with Crippen molar-refractivity contribution in [1.29, 1.82) is 0 Å². The summed E-state index contributed by atoms with van der Waals surface area (Å²) >= 11 is 0. The molecule has 2 rings (SSSR count). The van der Waals surface area contributed by atoms with E-state index in [0.717, 1.165) is 12.8 Å². The normalized spacial score (nSPS) is 16.9. The van der Waals surface area contributed by atoms with Crippen molar-refractivity contribution >= 4 is 11.9 Å². The van der Waals surface area contributed by atoms with Crippen LogP contribution in [-0.2, 0) is 4.79 Å². The number of hydrogen-bond acceptors (Lipinski definition) is 3. The first-order valence-corrected chi connectivity index (χ1v) is 8.03. The average molecular weight is 307 g/mol. The Morgan fingerprint density at radius 1 is 1.41 bits per heavy atom. The predicted octanol–water partition coefficient (Wildman–Crippen LogP) is 2.47.